The molecule has 0 saturated carbocycles. The van der Waals surface area contributed by atoms with Crippen LogP contribution < -0.4 is 10.1 Å². The second-order valence-corrected chi connectivity index (χ2v) is 6.93. The number of hydrogen-bond acceptors (Lipinski definition) is 4. The summed E-state index contributed by atoms with van der Waals surface area (Å²) in [7, 11) is -3.40. The highest BCUT2D eigenvalue weighted by atomic mass is 32.2. The summed E-state index contributed by atoms with van der Waals surface area (Å²) < 4.78 is 32.3. The lowest BCUT2D eigenvalue weighted by Gasteiger charge is -2.32. The van der Waals surface area contributed by atoms with Crippen LogP contribution in [0.15, 0.2) is 23.1 Å². The van der Waals surface area contributed by atoms with E-state index in [0.717, 1.165) is 17.7 Å². The molecule has 1 N–H and O–H groups in total. The Hall–Kier alpha value is -1.11. The Labute approximate surface area is 113 Å². The molecule has 0 aliphatic carbocycles. The minimum Gasteiger partial charge on any atom is -0.493 e. The number of sulfonamides is 1. The molecule has 5 nitrogen and oxygen atoms in total. The van der Waals surface area contributed by atoms with Gasteiger partial charge in [0.1, 0.15) is 5.75 Å². The third-order valence-electron chi connectivity index (χ3n) is 3.71. The van der Waals surface area contributed by atoms with Crippen LogP contribution in [0.1, 0.15) is 12.5 Å². The van der Waals surface area contributed by atoms with Crippen molar-refractivity contribution in [2.75, 3.05) is 26.2 Å². The number of benzene rings is 1. The Morgan fingerprint density at radius 2 is 2.26 bits per heavy atom. The maximum absolute atomic E-state index is 12.7. The zero-order valence-corrected chi connectivity index (χ0v) is 11.7. The van der Waals surface area contributed by atoms with Crippen molar-refractivity contribution < 1.29 is 13.2 Å². The molecule has 1 saturated heterocycles. The molecule has 1 aromatic carbocycles. The number of fused-ring (bicyclic) bond motifs is 1. The quantitative estimate of drug-likeness (QED) is 0.863. The Bertz CT molecular complexity index is 586. The summed E-state index contributed by atoms with van der Waals surface area (Å²) >= 11 is 0. The van der Waals surface area contributed by atoms with Crippen LogP contribution in [0.2, 0.25) is 0 Å². The molecule has 1 atom stereocenters. The average Bonchev–Trinajstić information content (AvgIpc) is 2.86. The van der Waals surface area contributed by atoms with Crippen molar-refractivity contribution in [2.24, 2.45) is 0 Å². The Balaban J connectivity index is 1.95. The molecule has 1 aromatic rings. The van der Waals surface area contributed by atoms with Crippen molar-refractivity contribution in [3.05, 3.63) is 23.8 Å². The molecular formula is C13H18N2O3S. The Kier molecular flexibility index (Phi) is 3.24. The third kappa shape index (κ3) is 2.24. The smallest absolute Gasteiger partial charge is 0.243 e. The fourth-order valence-electron chi connectivity index (χ4n) is 2.64. The van der Waals surface area contributed by atoms with Gasteiger partial charge in [-0.25, -0.2) is 8.42 Å². The van der Waals surface area contributed by atoms with Crippen molar-refractivity contribution in [2.45, 2.75) is 24.3 Å². The van der Waals surface area contributed by atoms with Crippen LogP contribution in [0.25, 0.3) is 0 Å². The van der Waals surface area contributed by atoms with Crippen molar-refractivity contribution in [1.29, 1.82) is 0 Å². The molecular weight excluding hydrogens is 264 g/mol. The van der Waals surface area contributed by atoms with Crippen LogP contribution >= 0.6 is 0 Å². The summed E-state index contributed by atoms with van der Waals surface area (Å²) in [5.74, 6) is 0.812. The zero-order chi connectivity index (χ0) is 13.5. The first-order valence-corrected chi connectivity index (χ1v) is 8.01. The zero-order valence-electron chi connectivity index (χ0n) is 10.9. The highest BCUT2D eigenvalue weighted by molar-refractivity contribution is 7.89. The molecule has 2 heterocycles. The number of nitrogens with zero attached hydrogens (tertiary/aromatic N) is 1. The first kappa shape index (κ1) is 12.9. The van der Waals surface area contributed by atoms with Crippen LogP contribution in [0.3, 0.4) is 0 Å². The van der Waals surface area contributed by atoms with E-state index >= 15 is 0 Å². The van der Waals surface area contributed by atoms with Gasteiger partial charge in [0.2, 0.25) is 10.0 Å². The normalized spacial score (nSPS) is 23.9. The molecule has 6 heteroatoms. The molecule has 19 heavy (non-hydrogen) atoms. The highest BCUT2D eigenvalue weighted by Crippen LogP contribution is 2.29. The Morgan fingerprint density at radius 1 is 1.42 bits per heavy atom. The van der Waals surface area contributed by atoms with Gasteiger partial charge in [0, 0.05) is 32.1 Å². The number of ether oxygens (including phenoxy) is 1. The number of nitrogens with one attached hydrogen (secondary N) is 1. The van der Waals surface area contributed by atoms with Crippen molar-refractivity contribution >= 4 is 10.0 Å². The standard InChI is InChI=1S/C13H18N2O3S/c1-10-9-14-5-6-15(10)19(16,17)12-2-3-13-11(8-12)4-7-18-13/h2-3,8,10,14H,4-7,9H2,1H3. The van der Waals surface area contributed by atoms with E-state index in [1.807, 2.05) is 6.92 Å². The van der Waals surface area contributed by atoms with E-state index in [4.69, 9.17) is 4.74 Å². The van der Waals surface area contributed by atoms with Gasteiger partial charge in [-0.2, -0.15) is 4.31 Å². The van der Waals surface area contributed by atoms with Crippen molar-refractivity contribution in [1.82, 2.24) is 9.62 Å². The summed E-state index contributed by atoms with van der Waals surface area (Å²) in [6.45, 7) is 4.51. The molecule has 0 radical (unpaired) electrons. The topological polar surface area (TPSA) is 58.6 Å². The maximum atomic E-state index is 12.7. The molecule has 1 unspecified atom stereocenters. The van der Waals surface area contributed by atoms with Gasteiger partial charge < -0.3 is 10.1 Å². The molecule has 0 amide bonds. The van der Waals surface area contributed by atoms with Gasteiger partial charge in [0.25, 0.3) is 0 Å². The van der Waals surface area contributed by atoms with Crippen molar-refractivity contribution in [3.63, 3.8) is 0 Å². The van der Waals surface area contributed by atoms with E-state index in [0.29, 0.717) is 31.1 Å². The maximum Gasteiger partial charge on any atom is 0.243 e. The lowest BCUT2D eigenvalue weighted by molar-refractivity contribution is 0.284. The summed E-state index contributed by atoms with van der Waals surface area (Å²) in [4.78, 5) is 0.380. The molecule has 0 spiro atoms. The van der Waals surface area contributed by atoms with E-state index in [1.54, 1.807) is 22.5 Å². The lowest BCUT2D eigenvalue weighted by Crippen LogP contribution is -2.52. The minimum atomic E-state index is -3.40. The highest BCUT2D eigenvalue weighted by Gasteiger charge is 2.31. The molecule has 2 aliphatic rings. The predicted octanol–water partition coefficient (Wildman–Crippen LogP) is 0.604. The van der Waals surface area contributed by atoms with E-state index in [9.17, 15) is 8.42 Å². The van der Waals surface area contributed by atoms with Gasteiger partial charge in [0.05, 0.1) is 11.5 Å². The van der Waals surface area contributed by atoms with Crippen LogP contribution in [-0.2, 0) is 16.4 Å². The van der Waals surface area contributed by atoms with E-state index in [1.165, 1.54) is 0 Å². The van der Waals surface area contributed by atoms with Gasteiger partial charge in [-0.05, 0) is 30.7 Å². The molecule has 0 bridgehead atoms. The second-order valence-electron chi connectivity index (χ2n) is 5.04. The first-order chi connectivity index (χ1) is 9.09. The van der Waals surface area contributed by atoms with E-state index in [2.05, 4.69) is 5.32 Å². The predicted molar refractivity (Wildman–Crippen MR) is 71.9 cm³/mol. The average molecular weight is 282 g/mol. The van der Waals surface area contributed by atoms with Gasteiger partial charge in [0.15, 0.2) is 0 Å². The van der Waals surface area contributed by atoms with Crippen LogP contribution in [-0.4, -0.2) is 45.0 Å². The lowest BCUT2D eigenvalue weighted by atomic mass is 10.2. The monoisotopic (exact) mass is 282 g/mol. The fourth-order valence-corrected chi connectivity index (χ4v) is 4.32. The number of hydrogen-bond donors (Lipinski definition) is 1. The third-order valence-corrected chi connectivity index (χ3v) is 5.72. The second kappa shape index (κ2) is 4.77. The molecule has 2 aliphatic heterocycles. The first-order valence-electron chi connectivity index (χ1n) is 6.57. The summed E-state index contributed by atoms with van der Waals surface area (Å²) in [5.41, 5.74) is 0.990. The molecule has 1 fully saturated rings. The summed E-state index contributed by atoms with van der Waals surface area (Å²) in [6, 6.07) is 5.16. The SMILES string of the molecule is CC1CNCCN1S(=O)(=O)c1ccc2c(c1)CCO2. The Morgan fingerprint density at radius 3 is 3.05 bits per heavy atom. The summed E-state index contributed by atoms with van der Waals surface area (Å²) in [5, 5.41) is 3.20. The van der Waals surface area contributed by atoms with Crippen LogP contribution in [0.4, 0.5) is 0 Å². The fraction of sp³-hybridized carbons (Fsp3) is 0.538. The molecule has 3 rings (SSSR count). The molecule has 104 valence electrons. The van der Waals surface area contributed by atoms with Gasteiger partial charge in [-0.3, -0.25) is 0 Å². The largest absolute Gasteiger partial charge is 0.493 e. The number of piperazine rings is 1. The van der Waals surface area contributed by atoms with Gasteiger partial charge in [-0.15, -0.1) is 0 Å². The molecule has 0 aromatic heterocycles. The van der Waals surface area contributed by atoms with Crippen molar-refractivity contribution in [3.8, 4) is 5.75 Å². The summed E-state index contributed by atoms with van der Waals surface area (Å²) in [6.07, 6.45) is 0.788. The van der Waals surface area contributed by atoms with Gasteiger partial charge in [-0.1, -0.05) is 0 Å². The van der Waals surface area contributed by atoms with E-state index < -0.39 is 10.0 Å². The van der Waals surface area contributed by atoms with Gasteiger partial charge >= 0.3 is 0 Å². The van der Waals surface area contributed by atoms with Crippen LogP contribution in [0.5, 0.6) is 5.75 Å². The minimum absolute atomic E-state index is 0.0109. The van der Waals surface area contributed by atoms with Crippen LogP contribution in [0, 0.1) is 0 Å². The number of rotatable bonds is 2. The van der Waals surface area contributed by atoms with E-state index in [-0.39, 0.29) is 6.04 Å².